The molecular weight excluding hydrogens is 844 g/mol. The number of nitrogens with zero attached hydrogens (tertiary/aromatic N) is 6. The minimum atomic E-state index is 0. The van der Waals surface area contributed by atoms with Crippen molar-refractivity contribution in [3.63, 3.8) is 0 Å². The molecule has 11 rings (SSSR count). The Labute approximate surface area is 384 Å². The number of benzene rings is 6. The number of hydrogen-bond donors (Lipinski definition) is 0. The molecule has 62 heavy (non-hydrogen) atoms. The number of aromatic nitrogens is 2. The van der Waals surface area contributed by atoms with Gasteiger partial charge in [0.25, 0.3) is 5.82 Å². The zero-order chi connectivity index (χ0) is 40.2. The molecule has 1 atom stereocenters. The number of allylic oxidation sites excluding steroid dienone is 1. The summed E-state index contributed by atoms with van der Waals surface area (Å²) >= 11 is 3.77. The van der Waals surface area contributed by atoms with Gasteiger partial charge in [-0.05, 0) is 77.9 Å². The summed E-state index contributed by atoms with van der Waals surface area (Å²) < 4.78 is 6.21. The second-order valence-electron chi connectivity index (χ2n) is 15.8. The Balaban J connectivity index is 0.00000245. The third-order valence-electron chi connectivity index (χ3n) is 12.4. The Morgan fingerprint density at radius 1 is 0.661 bits per heavy atom. The van der Waals surface area contributed by atoms with E-state index in [1.807, 2.05) is 23.1 Å². The van der Waals surface area contributed by atoms with Crippen molar-refractivity contribution in [3.05, 3.63) is 197 Å². The summed E-state index contributed by atoms with van der Waals surface area (Å²) in [7, 11) is 4.41. The fourth-order valence-electron chi connectivity index (χ4n) is 9.32. The first kappa shape index (κ1) is 41.6. The highest BCUT2D eigenvalue weighted by Crippen LogP contribution is 2.47. The highest BCUT2D eigenvalue weighted by molar-refractivity contribution is 8.03. The molecule has 8 aromatic rings. The van der Waals surface area contributed by atoms with E-state index in [1.54, 1.807) is 0 Å². The molecule has 6 nitrogen and oxygen atoms in total. The Morgan fingerprint density at radius 3 is 2.05 bits per heavy atom. The smallest absolute Gasteiger partial charge is 0.282 e. The van der Waals surface area contributed by atoms with E-state index in [9.17, 15) is 0 Å². The van der Waals surface area contributed by atoms with Crippen molar-refractivity contribution in [1.29, 1.82) is 0 Å². The van der Waals surface area contributed by atoms with Crippen molar-refractivity contribution in [2.45, 2.75) is 17.2 Å². The van der Waals surface area contributed by atoms with Crippen LogP contribution in [0.15, 0.2) is 186 Å². The van der Waals surface area contributed by atoms with Crippen molar-refractivity contribution in [2.75, 3.05) is 47.9 Å². The molecule has 1 fully saturated rings. The molecule has 6 aromatic carbocycles. The molecule has 0 aliphatic carbocycles. The second-order valence-corrected chi connectivity index (χ2v) is 18.0. The van der Waals surface area contributed by atoms with E-state index in [1.165, 1.54) is 81.6 Å². The fraction of sp³-hybridized carbons (Fsp3) is 0.154. The zero-order valence-electron chi connectivity index (χ0n) is 34.6. The van der Waals surface area contributed by atoms with Gasteiger partial charge in [-0.15, -0.1) is 0 Å². The van der Waals surface area contributed by atoms with Gasteiger partial charge in [-0.25, -0.2) is 0 Å². The van der Waals surface area contributed by atoms with Gasteiger partial charge in [0.15, 0.2) is 0 Å². The van der Waals surface area contributed by atoms with Crippen LogP contribution >= 0.6 is 23.1 Å². The zero-order valence-corrected chi connectivity index (χ0v) is 37.8. The van der Waals surface area contributed by atoms with Gasteiger partial charge in [0.2, 0.25) is 10.5 Å². The molecule has 5 heterocycles. The highest BCUT2D eigenvalue weighted by Gasteiger charge is 2.36. The lowest BCUT2D eigenvalue weighted by molar-refractivity contribution is -0.648. The van der Waals surface area contributed by atoms with Crippen molar-refractivity contribution < 1.29 is 33.9 Å². The molecule has 0 radical (unpaired) electrons. The van der Waals surface area contributed by atoms with Crippen molar-refractivity contribution in [1.82, 2.24) is 4.90 Å². The van der Waals surface area contributed by atoms with Crippen LogP contribution in [0.3, 0.4) is 0 Å². The number of fused-ring (bicyclic) bond motifs is 4. The van der Waals surface area contributed by atoms with Gasteiger partial charge >= 0.3 is 0 Å². The van der Waals surface area contributed by atoms with Crippen molar-refractivity contribution in [2.24, 2.45) is 7.05 Å². The number of hydrogen-bond acceptors (Lipinski definition) is 6. The van der Waals surface area contributed by atoms with Gasteiger partial charge in [-0.2, -0.15) is 9.13 Å². The van der Waals surface area contributed by atoms with Crippen LogP contribution in [0, 0.1) is 0 Å². The van der Waals surface area contributed by atoms with E-state index in [0.717, 1.165) is 32.6 Å². The summed E-state index contributed by atoms with van der Waals surface area (Å²) in [6, 6.07) is 59.7. The molecule has 0 amide bonds. The number of anilines is 4. The van der Waals surface area contributed by atoms with Gasteiger partial charge in [0.05, 0.1) is 35.9 Å². The number of thiazole rings is 1. The van der Waals surface area contributed by atoms with Gasteiger partial charge < -0.3 is 34.6 Å². The molecule has 0 spiro atoms. The number of halogens is 2. The number of piperazine rings is 1. The van der Waals surface area contributed by atoms with E-state index >= 15 is 0 Å². The Morgan fingerprint density at radius 2 is 1.29 bits per heavy atom. The van der Waals surface area contributed by atoms with E-state index in [4.69, 9.17) is 0 Å². The lowest BCUT2D eigenvalue weighted by atomic mass is 9.90. The lowest BCUT2D eigenvalue weighted by Crippen LogP contribution is -3.00. The topological polar surface area (TPSA) is 20.7 Å². The molecular formula is C52H46Cl2N6S2. The Bertz CT molecular complexity index is 2960. The van der Waals surface area contributed by atoms with Crippen LogP contribution in [0.1, 0.15) is 22.1 Å². The molecule has 1 unspecified atom stereocenters. The van der Waals surface area contributed by atoms with Gasteiger partial charge in [0, 0.05) is 41.1 Å². The summed E-state index contributed by atoms with van der Waals surface area (Å²) in [5.74, 6) is 2.73. The maximum atomic E-state index is 2.63. The third-order valence-corrected chi connectivity index (χ3v) is 14.8. The standard InChI is InChI=1S/C52H46N6S2.2ClH/c1-53-45-25-13-15-27-47(45)59-51(53)35-37-33-49(57(39-17-5-3-6-18-39)43-23-11-9-21-41(37)43)55-29-31-56(32-30-55)50-34-38(36-52-54(2)46-26-14-16-28-48(46)60-52)42-22-10-12-24-44(42)58(50)40-19-7-4-8-20-40;;/h3-28,33-35,38H,29-32,36H2,1-2H3;2*1H/q+2;;/p-2. The molecule has 3 aliphatic heterocycles. The maximum Gasteiger partial charge on any atom is 0.282 e. The molecule has 2 aromatic heterocycles. The predicted octanol–water partition coefficient (Wildman–Crippen LogP) is 4.85. The molecule has 1 saturated heterocycles. The van der Waals surface area contributed by atoms with E-state index in [0.29, 0.717) is 0 Å². The minimum Gasteiger partial charge on any atom is -1.00 e. The predicted molar refractivity (Wildman–Crippen MR) is 250 cm³/mol. The number of aryl methyl sites for hydroxylation is 1. The van der Waals surface area contributed by atoms with Crippen LogP contribution in [0.5, 0.6) is 0 Å². The van der Waals surface area contributed by atoms with Gasteiger partial charge in [0.1, 0.15) is 41.9 Å². The van der Waals surface area contributed by atoms with Crippen LogP contribution in [0.25, 0.3) is 32.9 Å². The van der Waals surface area contributed by atoms with Crippen LogP contribution in [0.2, 0.25) is 0 Å². The minimum absolute atomic E-state index is 0. The molecule has 0 bridgehead atoms. The van der Waals surface area contributed by atoms with Crippen LogP contribution in [-0.4, -0.2) is 38.1 Å². The van der Waals surface area contributed by atoms with Gasteiger partial charge in [-0.3, -0.25) is 9.80 Å². The summed E-state index contributed by atoms with van der Waals surface area (Å²) in [6.45, 7) is 3.57. The van der Waals surface area contributed by atoms with E-state index < -0.39 is 0 Å². The Kier molecular flexibility index (Phi) is 11.8. The molecule has 0 saturated carbocycles. The lowest BCUT2D eigenvalue weighted by Gasteiger charge is -2.43. The van der Waals surface area contributed by atoms with Crippen molar-refractivity contribution in [3.8, 4) is 5.69 Å². The summed E-state index contributed by atoms with van der Waals surface area (Å²) in [5.41, 5.74) is 10.00. The van der Waals surface area contributed by atoms with E-state index in [2.05, 4.69) is 219 Å². The number of para-hydroxylation sites is 6. The molecule has 310 valence electrons. The van der Waals surface area contributed by atoms with E-state index in [-0.39, 0.29) is 30.7 Å². The van der Waals surface area contributed by atoms with Gasteiger partial charge in [-0.1, -0.05) is 120 Å². The quantitative estimate of drug-likeness (QED) is 0.213. The largest absolute Gasteiger partial charge is 1.00 e. The highest BCUT2D eigenvalue weighted by atomic mass is 35.5. The summed E-state index contributed by atoms with van der Waals surface area (Å²) in [5, 5.41) is 3.87. The molecule has 10 heteroatoms. The number of rotatable bonds is 7. The number of thioether (sulfide) groups is 1. The normalized spacial score (nSPS) is 16.5. The second kappa shape index (κ2) is 17.5. The summed E-state index contributed by atoms with van der Waals surface area (Å²) in [6.07, 6.45) is 5.90. The van der Waals surface area contributed by atoms with Crippen molar-refractivity contribution >= 4 is 73.2 Å². The molecule has 3 aliphatic rings. The van der Waals surface area contributed by atoms with Crippen LogP contribution in [0.4, 0.5) is 22.9 Å². The summed E-state index contributed by atoms with van der Waals surface area (Å²) in [4.78, 5) is 11.4. The average molecular weight is 890 g/mol. The number of pyridine rings is 1. The monoisotopic (exact) mass is 888 g/mol. The maximum absolute atomic E-state index is 2.63. The fourth-order valence-corrected chi connectivity index (χ4v) is 11.6. The van der Waals surface area contributed by atoms with Crippen LogP contribution in [-0.2, 0) is 13.5 Å². The average Bonchev–Trinajstić information content (AvgIpc) is 3.80. The molecule has 0 N–H and O–H groups in total. The third kappa shape index (κ3) is 7.39. The SMILES string of the molecule is CN1C(=Cc2cc(N3CCN(C4=CC(Cc5sc6ccccc6[n+]5C)c5ccccc5N4c4ccccc4)CC3)[n+](-c3ccccc3)c3ccccc23)Sc2ccccc21.[Cl-].[Cl-]. The first-order valence-electron chi connectivity index (χ1n) is 20.9. The first-order chi connectivity index (χ1) is 29.6. The van der Waals surface area contributed by atoms with Crippen LogP contribution < -0.4 is 48.6 Å². The Hall–Kier alpha value is -5.77. The first-order valence-corrected chi connectivity index (χ1v) is 22.5.